The lowest BCUT2D eigenvalue weighted by Crippen LogP contribution is -2.43. The highest BCUT2D eigenvalue weighted by Crippen LogP contribution is 2.31. The fraction of sp³-hybridized carbons (Fsp3) is 0.818. The highest BCUT2D eigenvalue weighted by Gasteiger charge is 2.29. The third-order valence-corrected chi connectivity index (χ3v) is 4.47. The van der Waals surface area contributed by atoms with Crippen LogP contribution in [0.2, 0.25) is 0 Å². The van der Waals surface area contributed by atoms with Gasteiger partial charge in [0.15, 0.2) is 0 Å². The number of rotatable bonds is 1. The van der Waals surface area contributed by atoms with Crippen LogP contribution in [0.4, 0.5) is 5.13 Å². The van der Waals surface area contributed by atoms with Crippen LogP contribution in [0.15, 0.2) is 0 Å². The Morgan fingerprint density at radius 3 is 2.27 bits per heavy atom. The van der Waals surface area contributed by atoms with Crippen LogP contribution in [0.5, 0.6) is 0 Å². The van der Waals surface area contributed by atoms with Gasteiger partial charge >= 0.3 is 0 Å². The van der Waals surface area contributed by atoms with Crippen molar-refractivity contribution in [3.63, 3.8) is 0 Å². The Labute approximate surface area is 95.7 Å². The van der Waals surface area contributed by atoms with E-state index in [0.717, 1.165) is 41.8 Å². The minimum absolute atomic E-state index is 0.748. The van der Waals surface area contributed by atoms with Crippen molar-refractivity contribution < 1.29 is 0 Å². The Balaban J connectivity index is 2.12. The molecule has 15 heavy (non-hydrogen) atoms. The zero-order valence-electron chi connectivity index (χ0n) is 9.90. The maximum atomic E-state index is 4.46. The summed E-state index contributed by atoms with van der Waals surface area (Å²) in [6.45, 7) is 11.2. The maximum absolute atomic E-state index is 4.46. The SMILES string of the molecule is Cc1nsc(N2C[C@@H](C)C(C)[C@@H](C)C2)n1. The van der Waals surface area contributed by atoms with Gasteiger partial charge in [0.25, 0.3) is 0 Å². The Kier molecular flexibility index (Phi) is 2.96. The average Bonchev–Trinajstić information content (AvgIpc) is 2.60. The van der Waals surface area contributed by atoms with Crippen molar-refractivity contribution in [2.24, 2.45) is 17.8 Å². The van der Waals surface area contributed by atoms with Gasteiger partial charge in [0.05, 0.1) is 0 Å². The molecular formula is C11H19N3S. The second-order valence-electron chi connectivity index (χ2n) is 4.84. The van der Waals surface area contributed by atoms with E-state index < -0.39 is 0 Å². The molecule has 0 aliphatic carbocycles. The van der Waals surface area contributed by atoms with E-state index in [1.807, 2.05) is 6.92 Å². The molecule has 1 aromatic heterocycles. The van der Waals surface area contributed by atoms with Crippen LogP contribution in [0, 0.1) is 24.7 Å². The number of piperidine rings is 1. The summed E-state index contributed by atoms with van der Waals surface area (Å²) < 4.78 is 4.25. The normalized spacial score (nSPS) is 32.0. The van der Waals surface area contributed by atoms with Crippen molar-refractivity contribution in [2.45, 2.75) is 27.7 Å². The van der Waals surface area contributed by atoms with E-state index in [1.54, 1.807) is 0 Å². The van der Waals surface area contributed by atoms with E-state index in [2.05, 4.69) is 35.0 Å². The average molecular weight is 225 g/mol. The van der Waals surface area contributed by atoms with Gasteiger partial charge in [0.1, 0.15) is 5.82 Å². The first-order valence-corrected chi connectivity index (χ1v) is 6.40. The molecule has 0 saturated carbocycles. The van der Waals surface area contributed by atoms with E-state index in [1.165, 1.54) is 11.5 Å². The van der Waals surface area contributed by atoms with Crippen molar-refractivity contribution in [3.8, 4) is 0 Å². The Morgan fingerprint density at radius 2 is 1.80 bits per heavy atom. The van der Waals surface area contributed by atoms with Gasteiger partial charge in [-0.05, 0) is 24.7 Å². The Bertz CT molecular complexity index is 324. The van der Waals surface area contributed by atoms with E-state index >= 15 is 0 Å². The standard InChI is InChI=1S/C11H19N3S/c1-7-5-14(6-8(2)9(7)3)11-12-10(4)13-15-11/h7-9H,5-6H2,1-4H3/t7-,8+,9?. The zero-order valence-corrected chi connectivity index (χ0v) is 10.7. The number of hydrogen-bond acceptors (Lipinski definition) is 4. The first kappa shape index (κ1) is 10.9. The molecule has 1 aromatic rings. The molecule has 2 rings (SSSR count). The van der Waals surface area contributed by atoms with E-state index in [-0.39, 0.29) is 0 Å². The largest absolute Gasteiger partial charge is 0.346 e. The monoisotopic (exact) mass is 225 g/mol. The van der Waals surface area contributed by atoms with Crippen LogP contribution < -0.4 is 4.90 Å². The fourth-order valence-electron chi connectivity index (χ4n) is 2.23. The predicted octanol–water partition coefficient (Wildman–Crippen LogP) is 2.57. The van der Waals surface area contributed by atoms with Gasteiger partial charge in [-0.15, -0.1) is 0 Å². The second-order valence-corrected chi connectivity index (χ2v) is 5.57. The van der Waals surface area contributed by atoms with E-state index in [0.29, 0.717) is 0 Å². The molecule has 0 radical (unpaired) electrons. The van der Waals surface area contributed by atoms with E-state index in [9.17, 15) is 0 Å². The summed E-state index contributed by atoms with van der Waals surface area (Å²) in [5.41, 5.74) is 0. The topological polar surface area (TPSA) is 29.0 Å². The molecule has 3 nitrogen and oxygen atoms in total. The lowest BCUT2D eigenvalue weighted by molar-refractivity contribution is 0.240. The van der Waals surface area contributed by atoms with Crippen molar-refractivity contribution in [1.29, 1.82) is 0 Å². The highest BCUT2D eigenvalue weighted by molar-refractivity contribution is 7.09. The molecule has 0 amide bonds. The van der Waals surface area contributed by atoms with Crippen LogP contribution in [-0.2, 0) is 0 Å². The molecule has 1 fully saturated rings. The first-order valence-electron chi connectivity index (χ1n) is 5.63. The molecule has 0 aromatic carbocycles. The van der Waals surface area contributed by atoms with Crippen LogP contribution in [0.1, 0.15) is 26.6 Å². The summed E-state index contributed by atoms with van der Waals surface area (Å²) in [7, 11) is 0. The molecule has 1 saturated heterocycles. The smallest absolute Gasteiger partial charge is 0.205 e. The van der Waals surface area contributed by atoms with Gasteiger partial charge < -0.3 is 4.90 Å². The molecule has 3 atom stereocenters. The summed E-state index contributed by atoms with van der Waals surface area (Å²) in [5, 5.41) is 1.10. The Morgan fingerprint density at radius 1 is 1.20 bits per heavy atom. The first-order chi connectivity index (χ1) is 7.08. The van der Waals surface area contributed by atoms with E-state index in [4.69, 9.17) is 0 Å². The summed E-state index contributed by atoms with van der Waals surface area (Å²) in [6.07, 6.45) is 0. The summed E-state index contributed by atoms with van der Waals surface area (Å²) >= 11 is 1.53. The van der Waals surface area contributed by atoms with Crippen molar-refractivity contribution in [2.75, 3.05) is 18.0 Å². The van der Waals surface area contributed by atoms with Crippen LogP contribution in [0.25, 0.3) is 0 Å². The summed E-state index contributed by atoms with van der Waals surface area (Å²) in [6, 6.07) is 0. The van der Waals surface area contributed by atoms with Crippen LogP contribution in [0.3, 0.4) is 0 Å². The van der Waals surface area contributed by atoms with Gasteiger partial charge in [-0.2, -0.15) is 4.37 Å². The molecule has 0 N–H and O–H groups in total. The molecule has 2 heterocycles. The molecule has 0 bridgehead atoms. The third kappa shape index (κ3) is 2.14. The summed E-state index contributed by atoms with van der Waals surface area (Å²) in [5.74, 6) is 3.21. The van der Waals surface area contributed by atoms with Gasteiger partial charge in [-0.25, -0.2) is 4.98 Å². The molecule has 84 valence electrons. The molecular weight excluding hydrogens is 206 g/mol. The van der Waals surface area contributed by atoms with Gasteiger partial charge in [-0.1, -0.05) is 20.8 Å². The molecule has 4 heteroatoms. The van der Waals surface area contributed by atoms with Crippen molar-refractivity contribution in [1.82, 2.24) is 9.36 Å². The van der Waals surface area contributed by atoms with Crippen LogP contribution >= 0.6 is 11.5 Å². The third-order valence-electron chi connectivity index (χ3n) is 3.60. The lowest BCUT2D eigenvalue weighted by atomic mass is 9.81. The minimum Gasteiger partial charge on any atom is -0.346 e. The van der Waals surface area contributed by atoms with Gasteiger partial charge in [0, 0.05) is 24.6 Å². The molecule has 1 aliphatic heterocycles. The fourth-order valence-corrected chi connectivity index (χ4v) is 2.93. The number of aromatic nitrogens is 2. The summed E-state index contributed by atoms with van der Waals surface area (Å²) in [4.78, 5) is 6.85. The Hall–Kier alpha value is -0.640. The van der Waals surface area contributed by atoms with Crippen molar-refractivity contribution >= 4 is 16.7 Å². The number of hydrogen-bond donors (Lipinski definition) is 0. The molecule has 1 aliphatic rings. The van der Waals surface area contributed by atoms with Gasteiger partial charge in [-0.3, -0.25) is 0 Å². The lowest BCUT2D eigenvalue weighted by Gasteiger charge is -2.39. The minimum atomic E-state index is 0.748. The number of nitrogens with zero attached hydrogens (tertiary/aromatic N) is 3. The van der Waals surface area contributed by atoms with Gasteiger partial charge in [0.2, 0.25) is 5.13 Å². The number of anilines is 1. The molecule has 1 unspecified atom stereocenters. The maximum Gasteiger partial charge on any atom is 0.205 e. The van der Waals surface area contributed by atoms with Crippen LogP contribution in [-0.4, -0.2) is 22.4 Å². The quantitative estimate of drug-likeness (QED) is 0.735. The number of aryl methyl sites for hydroxylation is 1. The zero-order chi connectivity index (χ0) is 11.0. The second kappa shape index (κ2) is 4.08. The molecule has 0 spiro atoms. The predicted molar refractivity (Wildman–Crippen MR) is 64.4 cm³/mol. The van der Waals surface area contributed by atoms with Crippen molar-refractivity contribution in [3.05, 3.63) is 5.82 Å². The highest BCUT2D eigenvalue weighted by atomic mass is 32.1.